The molecule has 136 valence electrons. The molecule has 1 fully saturated rings. The van der Waals surface area contributed by atoms with Gasteiger partial charge in [-0.3, -0.25) is 4.79 Å². The third-order valence-corrected chi connectivity index (χ3v) is 4.07. The van der Waals surface area contributed by atoms with Crippen molar-refractivity contribution >= 4 is 12.0 Å². The minimum Gasteiger partial charge on any atom is -0.444 e. The van der Waals surface area contributed by atoms with Crippen LogP contribution < -0.4 is 5.32 Å². The molecule has 6 heteroatoms. The summed E-state index contributed by atoms with van der Waals surface area (Å²) in [5.74, 6) is 0.0579. The van der Waals surface area contributed by atoms with E-state index in [2.05, 4.69) is 11.4 Å². The lowest BCUT2D eigenvalue weighted by Gasteiger charge is -2.32. The van der Waals surface area contributed by atoms with Crippen LogP contribution in [0.25, 0.3) is 0 Å². The molecule has 0 bridgehead atoms. The van der Waals surface area contributed by atoms with Gasteiger partial charge in [-0.05, 0) is 52.4 Å². The molecule has 1 N–H and O–H groups in total. The largest absolute Gasteiger partial charge is 0.444 e. The average molecular weight is 337 g/mol. The Bertz CT molecular complexity index is 491. The molecule has 6 nitrogen and oxygen atoms in total. The molecule has 0 aliphatic carbocycles. The predicted octanol–water partition coefficient (Wildman–Crippen LogP) is 3.22. The summed E-state index contributed by atoms with van der Waals surface area (Å²) in [5, 5.41) is 12.1. The van der Waals surface area contributed by atoms with Gasteiger partial charge in [0.2, 0.25) is 5.91 Å². The van der Waals surface area contributed by atoms with E-state index < -0.39 is 23.8 Å². The lowest BCUT2D eigenvalue weighted by atomic mass is 10.0. The molecule has 2 amide bonds. The van der Waals surface area contributed by atoms with E-state index >= 15 is 0 Å². The fourth-order valence-electron chi connectivity index (χ4n) is 3.07. The molecule has 0 spiro atoms. The maximum Gasteiger partial charge on any atom is 0.408 e. The maximum atomic E-state index is 13.0. The fraction of sp³-hybridized carbons (Fsp3) is 0.833. The van der Waals surface area contributed by atoms with Crippen LogP contribution in [0.4, 0.5) is 4.79 Å². The summed E-state index contributed by atoms with van der Waals surface area (Å²) in [6.45, 7) is 11.4. The molecular formula is C18H31N3O3. The van der Waals surface area contributed by atoms with Crippen molar-refractivity contribution < 1.29 is 14.3 Å². The number of carbonyl (C=O) groups is 2. The Kier molecular flexibility index (Phi) is 7.07. The molecule has 1 aliphatic heterocycles. The van der Waals surface area contributed by atoms with Gasteiger partial charge in [0.05, 0.1) is 6.07 Å². The molecule has 3 atom stereocenters. The molecular weight excluding hydrogens is 306 g/mol. The molecule has 1 rings (SSSR count). The molecule has 0 aromatic heterocycles. The van der Waals surface area contributed by atoms with Crippen molar-refractivity contribution in [3.63, 3.8) is 0 Å². The average Bonchev–Trinajstić information content (AvgIpc) is 2.86. The van der Waals surface area contributed by atoms with Crippen molar-refractivity contribution in [1.82, 2.24) is 10.2 Å². The molecule has 24 heavy (non-hydrogen) atoms. The summed E-state index contributed by atoms with van der Waals surface area (Å²) in [4.78, 5) is 26.8. The Morgan fingerprint density at radius 3 is 2.42 bits per heavy atom. The summed E-state index contributed by atoms with van der Waals surface area (Å²) in [6, 6.07) is 1.22. The SMILES string of the molecule is CC[C@H]1CCC(C#N)N1C(=O)[C@@H](CC(C)C)NC(=O)OC(C)(C)C. The molecule has 1 heterocycles. The van der Waals surface area contributed by atoms with E-state index in [9.17, 15) is 14.9 Å². The van der Waals surface area contributed by atoms with Crippen molar-refractivity contribution in [2.75, 3.05) is 0 Å². The van der Waals surface area contributed by atoms with Crippen LogP contribution in [0.1, 0.15) is 67.2 Å². The second kappa shape index (κ2) is 8.36. The topological polar surface area (TPSA) is 82.4 Å². The summed E-state index contributed by atoms with van der Waals surface area (Å²) in [7, 11) is 0. The number of hydrogen-bond acceptors (Lipinski definition) is 4. The van der Waals surface area contributed by atoms with Gasteiger partial charge in [-0.25, -0.2) is 4.79 Å². The highest BCUT2D eigenvalue weighted by atomic mass is 16.6. The van der Waals surface area contributed by atoms with E-state index in [0.29, 0.717) is 12.8 Å². The van der Waals surface area contributed by atoms with E-state index in [1.807, 2.05) is 20.8 Å². The summed E-state index contributed by atoms with van der Waals surface area (Å²) in [5.41, 5.74) is -0.621. The van der Waals surface area contributed by atoms with Gasteiger partial charge < -0.3 is 15.0 Å². The monoisotopic (exact) mass is 337 g/mol. The summed E-state index contributed by atoms with van der Waals surface area (Å²) < 4.78 is 5.28. The van der Waals surface area contributed by atoms with Crippen LogP contribution in [0.2, 0.25) is 0 Å². The Morgan fingerprint density at radius 1 is 1.33 bits per heavy atom. The molecule has 0 saturated carbocycles. The summed E-state index contributed by atoms with van der Waals surface area (Å²) in [6.07, 6.45) is 2.26. The third-order valence-electron chi connectivity index (χ3n) is 4.07. The zero-order valence-corrected chi connectivity index (χ0v) is 15.8. The van der Waals surface area contributed by atoms with Crippen LogP contribution in [0.15, 0.2) is 0 Å². The second-order valence-electron chi connectivity index (χ2n) is 7.86. The Hall–Kier alpha value is -1.77. The number of rotatable bonds is 5. The summed E-state index contributed by atoms with van der Waals surface area (Å²) >= 11 is 0. The van der Waals surface area contributed by atoms with Crippen LogP contribution in [-0.4, -0.2) is 40.6 Å². The van der Waals surface area contributed by atoms with Crippen molar-refractivity contribution in [1.29, 1.82) is 5.26 Å². The van der Waals surface area contributed by atoms with E-state index in [-0.39, 0.29) is 17.9 Å². The van der Waals surface area contributed by atoms with Gasteiger partial charge in [0.15, 0.2) is 0 Å². The number of likely N-dealkylation sites (tertiary alicyclic amines) is 1. The fourth-order valence-corrected chi connectivity index (χ4v) is 3.07. The Morgan fingerprint density at radius 2 is 1.96 bits per heavy atom. The number of hydrogen-bond donors (Lipinski definition) is 1. The van der Waals surface area contributed by atoms with Crippen molar-refractivity contribution in [2.45, 2.75) is 91.0 Å². The number of ether oxygens (including phenoxy) is 1. The molecule has 1 unspecified atom stereocenters. The second-order valence-corrected chi connectivity index (χ2v) is 7.86. The van der Waals surface area contributed by atoms with Crippen molar-refractivity contribution in [3.05, 3.63) is 0 Å². The standard InChI is InChI=1S/C18H31N3O3/c1-7-13-8-9-14(11-19)21(13)16(22)15(10-12(2)3)20-17(23)24-18(4,5)6/h12-15H,7-10H2,1-6H3,(H,20,23)/t13-,14?,15+/m0/s1. The first-order valence-corrected chi connectivity index (χ1v) is 8.80. The smallest absolute Gasteiger partial charge is 0.408 e. The molecule has 0 aromatic carbocycles. The van der Waals surface area contributed by atoms with E-state index in [4.69, 9.17) is 4.74 Å². The van der Waals surface area contributed by atoms with E-state index in [0.717, 1.165) is 12.8 Å². The van der Waals surface area contributed by atoms with Crippen LogP contribution >= 0.6 is 0 Å². The van der Waals surface area contributed by atoms with Crippen LogP contribution in [0, 0.1) is 17.2 Å². The first-order valence-electron chi connectivity index (χ1n) is 8.80. The highest BCUT2D eigenvalue weighted by Gasteiger charge is 2.39. The number of alkyl carbamates (subject to hydrolysis) is 1. The van der Waals surface area contributed by atoms with Crippen molar-refractivity contribution in [3.8, 4) is 6.07 Å². The molecule has 1 aliphatic rings. The number of nitrogens with zero attached hydrogens (tertiary/aromatic N) is 2. The first kappa shape index (κ1) is 20.3. The normalized spacial score (nSPS) is 22.2. The number of nitriles is 1. The highest BCUT2D eigenvalue weighted by molar-refractivity contribution is 5.86. The van der Waals surface area contributed by atoms with Gasteiger partial charge in [-0.1, -0.05) is 20.8 Å². The van der Waals surface area contributed by atoms with Crippen LogP contribution in [0.3, 0.4) is 0 Å². The molecule has 0 aromatic rings. The third kappa shape index (κ3) is 5.70. The van der Waals surface area contributed by atoms with Crippen molar-refractivity contribution in [2.24, 2.45) is 5.92 Å². The highest BCUT2D eigenvalue weighted by Crippen LogP contribution is 2.27. The lowest BCUT2D eigenvalue weighted by molar-refractivity contribution is -0.136. The number of amides is 2. The zero-order chi connectivity index (χ0) is 18.5. The Balaban J connectivity index is 2.92. The molecule has 1 saturated heterocycles. The zero-order valence-electron chi connectivity index (χ0n) is 15.8. The van der Waals surface area contributed by atoms with E-state index in [1.54, 1.807) is 25.7 Å². The minimum atomic E-state index is -0.664. The van der Waals surface area contributed by atoms with Gasteiger partial charge in [-0.2, -0.15) is 5.26 Å². The van der Waals surface area contributed by atoms with Gasteiger partial charge in [-0.15, -0.1) is 0 Å². The minimum absolute atomic E-state index is 0.0669. The first-order chi connectivity index (χ1) is 11.1. The number of carbonyl (C=O) groups excluding carboxylic acids is 2. The Labute approximate surface area is 145 Å². The van der Waals surface area contributed by atoms with Gasteiger partial charge >= 0.3 is 6.09 Å². The van der Waals surface area contributed by atoms with E-state index in [1.165, 1.54) is 0 Å². The maximum absolute atomic E-state index is 13.0. The van der Waals surface area contributed by atoms with Gasteiger partial charge in [0.25, 0.3) is 0 Å². The quantitative estimate of drug-likeness (QED) is 0.835. The number of nitrogens with one attached hydrogen (secondary N) is 1. The van der Waals surface area contributed by atoms with Crippen LogP contribution in [0.5, 0.6) is 0 Å². The predicted molar refractivity (Wildman–Crippen MR) is 92.2 cm³/mol. The van der Waals surface area contributed by atoms with Crippen LogP contribution in [-0.2, 0) is 9.53 Å². The molecule has 0 radical (unpaired) electrons. The lowest BCUT2D eigenvalue weighted by Crippen LogP contribution is -2.53. The van der Waals surface area contributed by atoms with Gasteiger partial charge in [0, 0.05) is 6.04 Å². The van der Waals surface area contributed by atoms with Gasteiger partial charge in [0.1, 0.15) is 17.7 Å².